The number of hydrogen-bond donors (Lipinski definition) is 2. The summed E-state index contributed by atoms with van der Waals surface area (Å²) in [6.07, 6.45) is 6.71. The lowest BCUT2D eigenvalue weighted by Crippen LogP contribution is -2.39. The molecular weight excluding hydrogens is 401 g/mol. The molecule has 2 heterocycles. The number of likely N-dealkylation sites (tertiary alicyclic amines) is 1. The highest BCUT2D eigenvalue weighted by molar-refractivity contribution is 14.0. The van der Waals surface area contributed by atoms with Gasteiger partial charge in [-0.05, 0) is 50.9 Å². The predicted octanol–water partition coefficient (Wildman–Crippen LogP) is 2.39. The molecule has 0 aromatic carbocycles. The molecule has 0 bridgehead atoms. The van der Waals surface area contributed by atoms with Gasteiger partial charge in [-0.3, -0.25) is 4.99 Å². The first-order valence-electron chi connectivity index (χ1n) is 8.67. The Kier molecular flexibility index (Phi) is 10.3. The first-order valence-corrected chi connectivity index (χ1v) is 8.67. The monoisotopic (exact) mass is 433 g/mol. The molecule has 0 radical (unpaired) electrons. The van der Waals surface area contributed by atoms with Crippen molar-refractivity contribution in [1.82, 2.24) is 20.1 Å². The minimum Gasteiger partial charge on any atom is -0.357 e. The minimum atomic E-state index is 0. The maximum Gasteiger partial charge on any atom is 0.191 e. The van der Waals surface area contributed by atoms with Gasteiger partial charge in [-0.25, -0.2) is 0 Å². The number of aromatic nitrogens is 1. The van der Waals surface area contributed by atoms with E-state index in [-0.39, 0.29) is 24.0 Å². The van der Waals surface area contributed by atoms with Gasteiger partial charge in [0.25, 0.3) is 0 Å². The number of nitrogens with one attached hydrogen (secondary N) is 2. The molecule has 1 aliphatic rings. The smallest absolute Gasteiger partial charge is 0.191 e. The van der Waals surface area contributed by atoms with Gasteiger partial charge < -0.3 is 20.1 Å². The number of hydrogen-bond acceptors (Lipinski definition) is 2. The molecule has 23 heavy (non-hydrogen) atoms. The van der Waals surface area contributed by atoms with E-state index in [1.54, 1.807) is 0 Å². The topological polar surface area (TPSA) is 44.6 Å². The fourth-order valence-corrected chi connectivity index (χ4v) is 2.97. The molecule has 132 valence electrons. The van der Waals surface area contributed by atoms with Gasteiger partial charge >= 0.3 is 0 Å². The van der Waals surface area contributed by atoms with Crippen LogP contribution < -0.4 is 10.6 Å². The lowest BCUT2D eigenvalue weighted by atomic mass is 10.1. The molecule has 2 N–H and O–H groups in total. The summed E-state index contributed by atoms with van der Waals surface area (Å²) in [6, 6.07) is 4.11. The van der Waals surface area contributed by atoms with Crippen LogP contribution in [-0.2, 0) is 6.54 Å². The summed E-state index contributed by atoms with van der Waals surface area (Å²) in [6.45, 7) is 11.7. The summed E-state index contributed by atoms with van der Waals surface area (Å²) in [5.74, 6) is 1.66. The molecule has 1 saturated heterocycles. The average Bonchev–Trinajstić information content (AvgIpc) is 3.17. The van der Waals surface area contributed by atoms with E-state index in [4.69, 9.17) is 4.99 Å². The van der Waals surface area contributed by atoms with E-state index in [0.717, 1.165) is 32.1 Å². The van der Waals surface area contributed by atoms with Gasteiger partial charge in [-0.1, -0.05) is 6.92 Å². The highest BCUT2D eigenvalue weighted by atomic mass is 127. The molecule has 1 atom stereocenters. The van der Waals surface area contributed by atoms with Gasteiger partial charge in [-0.2, -0.15) is 0 Å². The fourth-order valence-electron chi connectivity index (χ4n) is 2.97. The lowest BCUT2D eigenvalue weighted by Gasteiger charge is -2.15. The number of guanidine groups is 1. The summed E-state index contributed by atoms with van der Waals surface area (Å²) < 4.78 is 2.18. The first-order chi connectivity index (χ1) is 10.8. The standard InChI is InChI=1S/C17H31N5.HI/c1-3-9-22-12-7-16(15-22)14-20-17(18-4-2)19-8-13-21-10-5-6-11-21;/h5-6,10-11,16H,3-4,7-9,12-15H2,1-2H3,(H2,18,19,20);1H. The highest BCUT2D eigenvalue weighted by Gasteiger charge is 2.21. The van der Waals surface area contributed by atoms with Crippen molar-refractivity contribution in [2.24, 2.45) is 10.9 Å². The van der Waals surface area contributed by atoms with Crippen LogP contribution in [0.25, 0.3) is 0 Å². The summed E-state index contributed by atoms with van der Waals surface area (Å²) in [7, 11) is 0. The van der Waals surface area contributed by atoms with Crippen molar-refractivity contribution in [3.63, 3.8) is 0 Å². The van der Waals surface area contributed by atoms with Crippen LogP contribution in [0.15, 0.2) is 29.5 Å². The van der Waals surface area contributed by atoms with Crippen LogP contribution in [0.5, 0.6) is 0 Å². The molecule has 1 aromatic heterocycles. The van der Waals surface area contributed by atoms with Crippen LogP contribution in [0.4, 0.5) is 0 Å². The van der Waals surface area contributed by atoms with E-state index in [1.807, 2.05) is 0 Å². The second kappa shape index (κ2) is 11.7. The van der Waals surface area contributed by atoms with Crippen molar-refractivity contribution >= 4 is 29.9 Å². The number of rotatable bonds is 8. The van der Waals surface area contributed by atoms with Gasteiger partial charge in [0, 0.05) is 45.1 Å². The molecule has 1 fully saturated rings. The molecule has 2 rings (SSSR count). The lowest BCUT2D eigenvalue weighted by molar-refractivity contribution is 0.326. The van der Waals surface area contributed by atoms with Crippen molar-refractivity contribution < 1.29 is 0 Å². The zero-order valence-corrected chi connectivity index (χ0v) is 16.8. The van der Waals surface area contributed by atoms with Gasteiger partial charge in [0.1, 0.15) is 0 Å². The van der Waals surface area contributed by atoms with E-state index in [0.29, 0.717) is 5.92 Å². The molecule has 0 spiro atoms. The zero-order valence-electron chi connectivity index (χ0n) is 14.5. The average molecular weight is 433 g/mol. The Balaban J connectivity index is 0.00000264. The van der Waals surface area contributed by atoms with Gasteiger partial charge in [0.05, 0.1) is 0 Å². The van der Waals surface area contributed by atoms with E-state index in [9.17, 15) is 0 Å². The van der Waals surface area contributed by atoms with Gasteiger partial charge in [0.2, 0.25) is 0 Å². The van der Waals surface area contributed by atoms with Crippen LogP contribution >= 0.6 is 24.0 Å². The highest BCUT2D eigenvalue weighted by Crippen LogP contribution is 2.16. The van der Waals surface area contributed by atoms with E-state index in [1.165, 1.54) is 32.5 Å². The maximum absolute atomic E-state index is 4.77. The Morgan fingerprint density at radius 2 is 1.96 bits per heavy atom. The van der Waals surface area contributed by atoms with Crippen LogP contribution in [0.2, 0.25) is 0 Å². The number of aliphatic imine (C=N–C) groups is 1. The van der Waals surface area contributed by atoms with E-state index < -0.39 is 0 Å². The van der Waals surface area contributed by atoms with E-state index >= 15 is 0 Å². The Morgan fingerprint density at radius 1 is 1.17 bits per heavy atom. The maximum atomic E-state index is 4.77. The molecular formula is C17H32IN5. The quantitative estimate of drug-likeness (QED) is 0.376. The molecule has 0 amide bonds. The molecule has 1 unspecified atom stereocenters. The Bertz CT molecular complexity index is 432. The van der Waals surface area contributed by atoms with E-state index in [2.05, 4.69) is 58.5 Å². The first kappa shape index (κ1) is 20.3. The largest absolute Gasteiger partial charge is 0.357 e. The third-order valence-electron chi connectivity index (χ3n) is 4.09. The van der Waals surface area contributed by atoms with Crippen molar-refractivity contribution in [2.75, 3.05) is 39.3 Å². The van der Waals surface area contributed by atoms with Crippen molar-refractivity contribution in [1.29, 1.82) is 0 Å². The van der Waals surface area contributed by atoms with Crippen LogP contribution in [0.3, 0.4) is 0 Å². The predicted molar refractivity (Wildman–Crippen MR) is 109 cm³/mol. The molecule has 0 aliphatic carbocycles. The minimum absolute atomic E-state index is 0. The second-order valence-corrected chi connectivity index (χ2v) is 6.02. The Hall–Kier alpha value is -0.760. The zero-order chi connectivity index (χ0) is 15.6. The van der Waals surface area contributed by atoms with Crippen molar-refractivity contribution in [3.8, 4) is 0 Å². The SMILES string of the molecule is CCCN1CCC(CN=C(NCC)NCCn2cccc2)C1.I. The Morgan fingerprint density at radius 3 is 2.65 bits per heavy atom. The summed E-state index contributed by atoms with van der Waals surface area (Å²) >= 11 is 0. The molecule has 1 aromatic rings. The van der Waals surface area contributed by atoms with Gasteiger partial charge in [-0.15, -0.1) is 24.0 Å². The van der Waals surface area contributed by atoms with Crippen LogP contribution in [-0.4, -0.2) is 54.7 Å². The fraction of sp³-hybridized carbons (Fsp3) is 0.706. The second-order valence-electron chi connectivity index (χ2n) is 6.02. The summed E-state index contributed by atoms with van der Waals surface area (Å²) in [5.41, 5.74) is 0. The van der Waals surface area contributed by atoms with Gasteiger partial charge in [0.15, 0.2) is 5.96 Å². The summed E-state index contributed by atoms with van der Waals surface area (Å²) in [4.78, 5) is 7.33. The molecule has 6 heteroatoms. The van der Waals surface area contributed by atoms with Crippen molar-refractivity contribution in [3.05, 3.63) is 24.5 Å². The van der Waals surface area contributed by atoms with Crippen molar-refractivity contribution in [2.45, 2.75) is 33.2 Å². The Labute approximate surface area is 157 Å². The van der Waals surface area contributed by atoms with Crippen LogP contribution in [0, 0.1) is 5.92 Å². The third kappa shape index (κ3) is 7.56. The number of nitrogens with zero attached hydrogens (tertiary/aromatic N) is 3. The number of halogens is 1. The third-order valence-corrected chi connectivity index (χ3v) is 4.09. The normalized spacial score (nSPS) is 18.7. The van der Waals surface area contributed by atoms with Crippen LogP contribution in [0.1, 0.15) is 26.7 Å². The molecule has 1 aliphatic heterocycles. The molecule has 0 saturated carbocycles. The molecule has 5 nitrogen and oxygen atoms in total. The summed E-state index contributed by atoms with van der Waals surface area (Å²) in [5, 5.41) is 6.76.